The highest BCUT2D eigenvalue weighted by atomic mass is 32.2. The lowest BCUT2D eigenvalue weighted by atomic mass is 10.1. The summed E-state index contributed by atoms with van der Waals surface area (Å²) < 4.78 is 29.0. The number of halogens is 1. The molecule has 0 bridgehead atoms. The van der Waals surface area contributed by atoms with E-state index in [-0.39, 0.29) is 29.2 Å². The number of hydrogen-bond acceptors (Lipinski definition) is 7. The van der Waals surface area contributed by atoms with Crippen LogP contribution in [-0.2, 0) is 6.61 Å². The molecule has 0 aliphatic rings. The van der Waals surface area contributed by atoms with Gasteiger partial charge in [0.25, 0.3) is 11.1 Å². The molecule has 0 unspecified atom stereocenters. The molecule has 1 heterocycles. The van der Waals surface area contributed by atoms with E-state index in [4.69, 9.17) is 13.9 Å². The molecule has 0 saturated carbocycles. The second-order valence-electron chi connectivity index (χ2n) is 5.15. The first kappa shape index (κ1) is 17.9. The number of thioether (sulfide) groups is 1. The fourth-order valence-electron chi connectivity index (χ4n) is 2.04. The summed E-state index contributed by atoms with van der Waals surface area (Å²) in [5.41, 5.74) is 0.431. The number of ether oxygens (including phenoxy) is 2. The number of aromatic nitrogens is 2. The van der Waals surface area contributed by atoms with Crippen molar-refractivity contribution in [3.05, 3.63) is 65.8 Å². The van der Waals surface area contributed by atoms with Gasteiger partial charge in [-0.05, 0) is 36.4 Å². The summed E-state index contributed by atoms with van der Waals surface area (Å²) in [5.74, 6) is 1.18. The summed E-state index contributed by atoms with van der Waals surface area (Å²) in [7, 11) is 1.58. The van der Waals surface area contributed by atoms with Crippen LogP contribution in [0.1, 0.15) is 16.2 Å². The summed E-state index contributed by atoms with van der Waals surface area (Å²) in [6.07, 6.45) is 0. The molecule has 0 spiro atoms. The van der Waals surface area contributed by atoms with Gasteiger partial charge >= 0.3 is 0 Å². The normalized spacial score (nSPS) is 10.5. The first-order valence-electron chi connectivity index (χ1n) is 7.65. The first-order chi connectivity index (χ1) is 12.6. The summed E-state index contributed by atoms with van der Waals surface area (Å²) >= 11 is 1.12. The topological polar surface area (TPSA) is 74.5 Å². The van der Waals surface area contributed by atoms with E-state index in [1.165, 1.54) is 24.3 Å². The van der Waals surface area contributed by atoms with Gasteiger partial charge in [0, 0.05) is 11.6 Å². The molecule has 26 heavy (non-hydrogen) atoms. The number of carbonyl (C=O) groups is 1. The molecule has 3 rings (SSSR count). The average molecular weight is 374 g/mol. The monoisotopic (exact) mass is 374 g/mol. The van der Waals surface area contributed by atoms with Crippen LogP contribution >= 0.6 is 11.8 Å². The molecular weight excluding hydrogens is 359 g/mol. The molecule has 0 fully saturated rings. The maximum absolute atomic E-state index is 12.9. The third-order valence-electron chi connectivity index (χ3n) is 3.34. The van der Waals surface area contributed by atoms with Crippen molar-refractivity contribution in [1.29, 1.82) is 0 Å². The van der Waals surface area contributed by atoms with Crippen LogP contribution < -0.4 is 9.47 Å². The van der Waals surface area contributed by atoms with Crippen molar-refractivity contribution in [3.8, 4) is 11.5 Å². The first-order valence-corrected chi connectivity index (χ1v) is 8.63. The van der Waals surface area contributed by atoms with Crippen molar-refractivity contribution in [1.82, 2.24) is 10.2 Å². The Morgan fingerprint density at radius 2 is 1.92 bits per heavy atom. The summed E-state index contributed by atoms with van der Waals surface area (Å²) in [5, 5.41) is 8.02. The van der Waals surface area contributed by atoms with Crippen molar-refractivity contribution >= 4 is 17.5 Å². The van der Waals surface area contributed by atoms with Crippen molar-refractivity contribution in [3.63, 3.8) is 0 Å². The zero-order valence-electron chi connectivity index (χ0n) is 13.8. The Kier molecular flexibility index (Phi) is 5.85. The standard InChI is InChI=1S/C18H15FN2O4S/c1-23-14-3-2-4-15(9-14)24-10-17-20-21-18(25-17)26-11-16(22)12-5-7-13(19)8-6-12/h2-9H,10-11H2,1H3. The third-order valence-corrected chi connectivity index (χ3v) is 4.16. The molecule has 8 heteroatoms. The van der Waals surface area contributed by atoms with Gasteiger partial charge < -0.3 is 13.9 Å². The van der Waals surface area contributed by atoms with Crippen molar-refractivity contribution in [2.75, 3.05) is 12.9 Å². The number of methoxy groups -OCH3 is 1. The van der Waals surface area contributed by atoms with E-state index >= 15 is 0 Å². The molecule has 3 aromatic rings. The molecule has 0 radical (unpaired) electrons. The molecule has 0 N–H and O–H groups in total. The molecule has 6 nitrogen and oxygen atoms in total. The number of carbonyl (C=O) groups excluding carboxylic acids is 1. The Labute approximate surface area is 153 Å². The number of hydrogen-bond donors (Lipinski definition) is 0. The molecular formula is C18H15FN2O4S. The van der Waals surface area contributed by atoms with Crippen LogP contribution in [0.4, 0.5) is 4.39 Å². The maximum Gasteiger partial charge on any atom is 0.277 e. The Hall–Kier alpha value is -2.87. The molecule has 134 valence electrons. The zero-order valence-corrected chi connectivity index (χ0v) is 14.7. The lowest BCUT2D eigenvalue weighted by molar-refractivity contribution is 0.102. The van der Waals surface area contributed by atoms with Crippen LogP contribution in [-0.4, -0.2) is 28.8 Å². The SMILES string of the molecule is COc1cccc(OCc2nnc(SCC(=O)c3ccc(F)cc3)o2)c1. The molecule has 1 aromatic heterocycles. The van der Waals surface area contributed by atoms with Gasteiger partial charge in [0.05, 0.1) is 12.9 Å². The zero-order chi connectivity index (χ0) is 18.4. The number of rotatable bonds is 8. The quantitative estimate of drug-likeness (QED) is 0.439. The number of benzene rings is 2. The number of ketones is 1. The van der Waals surface area contributed by atoms with Crippen LogP contribution in [0.25, 0.3) is 0 Å². The summed E-state index contributed by atoms with van der Waals surface area (Å²) in [4.78, 5) is 12.0. The molecule has 0 aliphatic carbocycles. The van der Waals surface area contributed by atoms with Gasteiger partial charge in [-0.1, -0.05) is 17.8 Å². The van der Waals surface area contributed by atoms with E-state index in [2.05, 4.69) is 10.2 Å². The third kappa shape index (κ3) is 4.82. The fourth-order valence-corrected chi connectivity index (χ4v) is 2.71. The average Bonchev–Trinajstić information content (AvgIpc) is 3.13. The van der Waals surface area contributed by atoms with Crippen molar-refractivity contribution in [2.24, 2.45) is 0 Å². The van der Waals surface area contributed by atoms with E-state index in [1.807, 2.05) is 12.1 Å². The van der Waals surface area contributed by atoms with E-state index in [1.54, 1.807) is 19.2 Å². The number of nitrogens with zero attached hydrogens (tertiary/aromatic N) is 2. The highest BCUT2D eigenvalue weighted by Gasteiger charge is 2.12. The van der Waals surface area contributed by atoms with E-state index < -0.39 is 0 Å². The van der Waals surface area contributed by atoms with Gasteiger partial charge in [-0.25, -0.2) is 4.39 Å². The van der Waals surface area contributed by atoms with Gasteiger partial charge in [0.15, 0.2) is 12.4 Å². The second kappa shape index (κ2) is 8.48. The van der Waals surface area contributed by atoms with Crippen LogP contribution in [0, 0.1) is 5.82 Å². The van der Waals surface area contributed by atoms with Gasteiger partial charge in [-0.3, -0.25) is 4.79 Å². The Morgan fingerprint density at radius 3 is 2.69 bits per heavy atom. The smallest absolute Gasteiger partial charge is 0.277 e. The van der Waals surface area contributed by atoms with Crippen LogP contribution in [0.15, 0.2) is 58.2 Å². The van der Waals surface area contributed by atoms with Gasteiger partial charge in [-0.15, -0.1) is 10.2 Å². The minimum atomic E-state index is -0.383. The molecule has 0 aliphatic heterocycles. The summed E-state index contributed by atoms with van der Waals surface area (Å²) in [6.45, 7) is 0.104. The predicted molar refractivity (Wildman–Crippen MR) is 93.1 cm³/mol. The predicted octanol–water partition coefficient (Wildman–Crippen LogP) is 3.77. The second-order valence-corrected chi connectivity index (χ2v) is 6.07. The lowest BCUT2D eigenvalue weighted by Gasteiger charge is -2.05. The fraction of sp³-hybridized carbons (Fsp3) is 0.167. The largest absolute Gasteiger partial charge is 0.497 e. The highest BCUT2D eigenvalue weighted by Crippen LogP contribution is 2.21. The van der Waals surface area contributed by atoms with Gasteiger partial charge in [0.1, 0.15) is 17.3 Å². The molecule has 0 amide bonds. The highest BCUT2D eigenvalue weighted by molar-refractivity contribution is 7.99. The lowest BCUT2D eigenvalue weighted by Crippen LogP contribution is -2.02. The number of Topliss-reactive ketones (excluding diaryl/α,β-unsaturated/α-hetero) is 1. The molecule has 0 saturated heterocycles. The van der Waals surface area contributed by atoms with Crippen LogP contribution in [0.5, 0.6) is 11.5 Å². The van der Waals surface area contributed by atoms with E-state index in [9.17, 15) is 9.18 Å². The minimum Gasteiger partial charge on any atom is -0.497 e. The van der Waals surface area contributed by atoms with Crippen LogP contribution in [0.2, 0.25) is 0 Å². The maximum atomic E-state index is 12.9. The Bertz CT molecular complexity index is 883. The Balaban J connectivity index is 1.51. The Morgan fingerprint density at radius 1 is 1.15 bits per heavy atom. The summed E-state index contributed by atoms with van der Waals surface area (Å²) in [6, 6.07) is 12.5. The van der Waals surface area contributed by atoms with Crippen molar-refractivity contribution in [2.45, 2.75) is 11.8 Å². The minimum absolute atomic E-state index is 0.104. The molecule has 2 aromatic carbocycles. The van der Waals surface area contributed by atoms with E-state index in [0.29, 0.717) is 23.0 Å². The van der Waals surface area contributed by atoms with E-state index in [0.717, 1.165) is 11.8 Å². The van der Waals surface area contributed by atoms with Crippen molar-refractivity contribution < 1.29 is 23.1 Å². The van der Waals surface area contributed by atoms with Crippen LogP contribution in [0.3, 0.4) is 0 Å². The molecule has 0 atom stereocenters. The van der Waals surface area contributed by atoms with Gasteiger partial charge in [-0.2, -0.15) is 0 Å². The van der Waals surface area contributed by atoms with Gasteiger partial charge in [0.2, 0.25) is 0 Å².